The first-order valence-electron chi connectivity index (χ1n) is 12.1. The highest BCUT2D eigenvalue weighted by Crippen LogP contribution is 2.37. The summed E-state index contributed by atoms with van der Waals surface area (Å²) in [5, 5.41) is 2.98. The molecule has 1 fully saturated rings. The van der Waals surface area contributed by atoms with E-state index in [1.54, 1.807) is 7.11 Å². The molecule has 6 nitrogen and oxygen atoms in total. The summed E-state index contributed by atoms with van der Waals surface area (Å²) in [5.74, 6) is 0.524. The summed E-state index contributed by atoms with van der Waals surface area (Å²) < 4.78 is 34.9. The lowest BCUT2D eigenvalue weighted by Crippen LogP contribution is -2.39. The first-order chi connectivity index (χ1) is 17.6. The van der Waals surface area contributed by atoms with E-state index in [0.29, 0.717) is 30.4 Å². The second kappa shape index (κ2) is 11.6. The third-order valence-electron chi connectivity index (χ3n) is 6.86. The Labute approximate surface area is 232 Å². The summed E-state index contributed by atoms with van der Waals surface area (Å²) in [4.78, 5) is 13.1. The number of aryl methyl sites for hydroxylation is 1. The van der Waals surface area contributed by atoms with E-state index < -0.39 is 15.9 Å². The van der Waals surface area contributed by atoms with Crippen LogP contribution >= 0.6 is 27.5 Å². The van der Waals surface area contributed by atoms with Gasteiger partial charge in [0.15, 0.2) is 0 Å². The molecule has 196 valence electrons. The summed E-state index contributed by atoms with van der Waals surface area (Å²) in [6.07, 6.45) is 2.48. The number of piperidine rings is 1. The number of halogens is 2. The van der Waals surface area contributed by atoms with Gasteiger partial charge in [-0.05, 0) is 80.0 Å². The first-order valence-corrected chi connectivity index (χ1v) is 14.7. The number of anilines is 1. The molecule has 37 heavy (non-hydrogen) atoms. The molecule has 3 aromatic carbocycles. The number of carbonyl (C=O) groups is 1. The van der Waals surface area contributed by atoms with Gasteiger partial charge < -0.3 is 10.1 Å². The Morgan fingerprint density at radius 1 is 1.11 bits per heavy atom. The van der Waals surface area contributed by atoms with E-state index in [4.69, 9.17) is 16.3 Å². The average molecular weight is 606 g/mol. The fourth-order valence-electron chi connectivity index (χ4n) is 4.73. The van der Waals surface area contributed by atoms with Gasteiger partial charge in [-0.25, -0.2) is 8.42 Å². The van der Waals surface area contributed by atoms with Crippen LogP contribution in [-0.4, -0.2) is 38.8 Å². The van der Waals surface area contributed by atoms with Crippen LogP contribution in [0, 0.1) is 19.8 Å². The minimum absolute atomic E-state index is 0.0579. The van der Waals surface area contributed by atoms with E-state index in [2.05, 4.69) is 33.4 Å². The highest BCUT2D eigenvalue weighted by atomic mass is 79.9. The summed E-state index contributed by atoms with van der Waals surface area (Å²) in [7, 11) is -2.32. The number of benzene rings is 3. The number of nitrogens with zero attached hydrogens (tertiary/aromatic N) is 1. The van der Waals surface area contributed by atoms with E-state index in [9.17, 15) is 13.2 Å². The number of rotatable bonds is 7. The Hall–Kier alpha value is -2.39. The van der Waals surface area contributed by atoms with Crippen molar-refractivity contribution < 1.29 is 17.9 Å². The molecule has 4 rings (SSSR count). The quantitative estimate of drug-likeness (QED) is 0.328. The summed E-state index contributed by atoms with van der Waals surface area (Å²) in [6, 6.07) is 16.5. The average Bonchev–Trinajstić information content (AvgIpc) is 2.88. The third kappa shape index (κ3) is 6.03. The van der Waals surface area contributed by atoms with E-state index in [0.717, 1.165) is 34.9 Å². The van der Waals surface area contributed by atoms with Crippen LogP contribution in [0.25, 0.3) is 0 Å². The summed E-state index contributed by atoms with van der Waals surface area (Å²) >= 11 is 9.86. The van der Waals surface area contributed by atoms with Gasteiger partial charge in [-0.15, -0.1) is 0 Å². The number of amides is 1. The number of ether oxygens (including phenoxy) is 1. The van der Waals surface area contributed by atoms with Gasteiger partial charge in [-0.1, -0.05) is 57.9 Å². The topological polar surface area (TPSA) is 75.7 Å². The minimum atomic E-state index is -3.86. The van der Waals surface area contributed by atoms with Crippen molar-refractivity contribution in [1.29, 1.82) is 0 Å². The van der Waals surface area contributed by atoms with Gasteiger partial charge in [0.1, 0.15) is 10.6 Å². The fourth-order valence-corrected chi connectivity index (χ4v) is 7.24. The van der Waals surface area contributed by atoms with Crippen molar-refractivity contribution in [2.45, 2.75) is 38.0 Å². The molecule has 0 unspecified atom stereocenters. The maximum absolute atomic E-state index is 13.5. The molecular formula is C28H30BrClN2O4S. The lowest BCUT2D eigenvalue weighted by molar-refractivity contribution is 0.102. The van der Waals surface area contributed by atoms with Crippen LogP contribution in [0.1, 0.15) is 39.9 Å². The van der Waals surface area contributed by atoms with Crippen molar-refractivity contribution >= 4 is 49.1 Å². The van der Waals surface area contributed by atoms with Gasteiger partial charge in [0.05, 0.1) is 17.8 Å². The predicted octanol–water partition coefficient (Wildman–Crippen LogP) is 6.62. The molecule has 0 aliphatic carbocycles. The normalized spacial score (nSPS) is 14.9. The number of carbonyl (C=O) groups excluding carboxylic acids is 1. The Bertz CT molecular complexity index is 1410. The zero-order valence-electron chi connectivity index (χ0n) is 21.1. The molecule has 0 spiro atoms. The van der Waals surface area contributed by atoms with Crippen molar-refractivity contribution in [1.82, 2.24) is 4.31 Å². The van der Waals surface area contributed by atoms with Crippen LogP contribution in [-0.2, 0) is 16.4 Å². The van der Waals surface area contributed by atoms with Crippen LogP contribution in [0.3, 0.4) is 0 Å². The second-order valence-corrected chi connectivity index (χ2v) is 12.5. The number of methoxy groups -OCH3 is 1. The molecule has 3 aromatic rings. The summed E-state index contributed by atoms with van der Waals surface area (Å²) in [6.45, 7) is 4.58. The van der Waals surface area contributed by atoms with E-state index in [1.165, 1.54) is 28.1 Å². The molecule has 1 saturated heterocycles. The number of hydrogen-bond acceptors (Lipinski definition) is 4. The van der Waals surface area contributed by atoms with Crippen molar-refractivity contribution in [3.8, 4) is 5.75 Å². The molecule has 0 aromatic heterocycles. The highest BCUT2D eigenvalue weighted by molar-refractivity contribution is 9.10. The lowest BCUT2D eigenvalue weighted by atomic mass is 9.91. The van der Waals surface area contributed by atoms with E-state index >= 15 is 0 Å². The smallest absolute Gasteiger partial charge is 0.255 e. The lowest BCUT2D eigenvalue weighted by Gasteiger charge is -2.31. The second-order valence-electron chi connectivity index (χ2n) is 9.35. The van der Waals surface area contributed by atoms with Crippen molar-refractivity contribution in [3.05, 3.63) is 86.3 Å². The van der Waals surface area contributed by atoms with Crippen molar-refractivity contribution in [3.63, 3.8) is 0 Å². The SMILES string of the molecule is COc1c(C)cc(Br)c(C)c1NC(=O)c1ccc(Cl)c(S(=O)(=O)N2CCC(Cc3ccccc3)CC2)c1. The maximum Gasteiger partial charge on any atom is 0.255 e. The van der Waals surface area contributed by atoms with Gasteiger partial charge in [0.25, 0.3) is 5.91 Å². The van der Waals surface area contributed by atoms with Crippen LogP contribution < -0.4 is 10.1 Å². The van der Waals surface area contributed by atoms with E-state index in [-0.39, 0.29) is 15.5 Å². The minimum Gasteiger partial charge on any atom is -0.494 e. The molecular weight excluding hydrogens is 576 g/mol. The molecule has 9 heteroatoms. The van der Waals surface area contributed by atoms with Crippen molar-refractivity contribution in [2.75, 3.05) is 25.5 Å². The van der Waals surface area contributed by atoms with Gasteiger partial charge >= 0.3 is 0 Å². The molecule has 1 heterocycles. The zero-order chi connectivity index (χ0) is 26.7. The molecule has 1 aliphatic heterocycles. The Kier molecular flexibility index (Phi) is 8.63. The van der Waals surface area contributed by atoms with Gasteiger partial charge in [-0.3, -0.25) is 4.79 Å². The number of hydrogen-bond donors (Lipinski definition) is 1. The fraction of sp³-hybridized carbons (Fsp3) is 0.321. The molecule has 0 radical (unpaired) electrons. The predicted molar refractivity (Wildman–Crippen MR) is 151 cm³/mol. The maximum atomic E-state index is 13.5. The monoisotopic (exact) mass is 604 g/mol. The summed E-state index contributed by atoms with van der Waals surface area (Å²) in [5.41, 5.74) is 3.64. The Morgan fingerprint density at radius 3 is 2.43 bits per heavy atom. The highest BCUT2D eigenvalue weighted by Gasteiger charge is 2.31. The van der Waals surface area contributed by atoms with Gasteiger partial charge in [-0.2, -0.15) is 4.31 Å². The molecule has 0 bridgehead atoms. The van der Waals surface area contributed by atoms with Crippen molar-refractivity contribution in [2.24, 2.45) is 5.92 Å². The van der Waals surface area contributed by atoms with Crippen LogP contribution in [0.15, 0.2) is 64.0 Å². The molecule has 1 aliphatic rings. The van der Waals surface area contributed by atoms with Crippen LogP contribution in [0.5, 0.6) is 5.75 Å². The molecule has 1 N–H and O–H groups in total. The molecule has 0 atom stereocenters. The van der Waals surface area contributed by atoms with E-state index in [1.807, 2.05) is 38.1 Å². The standard InChI is InChI=1S/C28H30BrClN2O4S/c1-18-15-23(29)19(2)26(27(18)36-3)31-28(33)22-9-10-24(30)25(17-22)37(34,35)32-13-11-21(12-14-32)16-20-7-5-4-6-8-20/h4-10,15,17,21H,11-14,16H2,1-3H3,(H,31,33). The number of nitrogens with one attached hydrogen (secondary N) is 1. The Morgan fingerprint density at radius 2 is 1.78 bits per heavy atom. The zero-order valence-corrected chi connectivity index (χ0v) is 24.2. The largest absolute Gasteiger partial charge is 0.494 e. The number of sulfonamides is 1. The third-order valence-corrected chi connectivity index (χ3v) is 10.1. The Balaban J connectivity index is 1.53. The van der Waals surface area contributed by atoms with Crippen LogP contribution in [0.2, 0.25) is 5.02 Å². The van der Waals surface area contributed by atoms with Gasteiger partial charge in [0.2, 0.25) is 10.0 Å². The molecule has 0 saturated carbocycles. The molecule has 1 amide bonds. The first kappa shape index (κ1) is 27.6. The van der Waals surface area contributed by atoms with Gasteiger partial charge in [0, 0.05) is 23.1 Å². The van der Waals surface area contributed by atoms with Crippen LogP contribution in [0.4, 0.5) is 5.69 Å².